The number of carboxylic acid groups (broad SMARTS) is 1. The van der Waals surface area contributed by atoms with Gasteiger partial charge in [-0.25, -0.2) is 4.90 Å². The molecule has 2 N–H and O–H groups in total. The lowest BCUT2D eigenvalue weighted by Gasteiger charge is -2.26. The maximum Gasteiger partial charge on any atom is 0.303 e. The topological polar surface area (TPSA) is 104 Å². The van der Waals surface area contributed by atoms with Crippen LogP contribution < -0.4 is 9.64 Å². The average molecular weight is 566 g/mol. The molecule has 0 atom stereocenters. The van der Waals surface area contributed by atoms with Crippen LogP contribution in [0, 0.1) is 0 Å². The molecule has 0 aliphatic carbocycles. The van der Waals surface area contributed by atoms with E-state index in [0.29, 0.717) is 27.7 Å². The lowest BCUT2D eigenvalue weighted by molar-refractivity contribution is -0.136. The van der Waals surface area contributed by atoms with E-state index in [1.165, 1.54) is 28.4 Å². The molecule has 0 fully saturated rings. The smallest absolute Gasteiger partial charge is 0.303 e. The molecule has 4 rings (SSSR count). The number of imide groups is 1. The summed E-state index contributed by atoms with van der Waals surface area (Å²) in [7, 11) is 0. The van der Waals surface area contributed by atoms with Gasteiger partial charge in [0.15, 0.2) is 0 Å². The summed E-state index contributed by atoms with van der Waals surface area (Å²) in [5.74, 6) is -0.824. The number of carboxylic acids is 1. The van der Waals surface area contributed by atoms with Crippen molar-refractivity contribution in [1.82, 2.24) is 0 Å². The van der Waals surface area contributed by atoms with Crippen LogP contribution in [-0.4, -0.2) is 40.2 Å². The Kier molecular flexibility index (Phi) is 10.8. The first-order valence-electron chi connectivity index (χ1n) is 12.4. The maximum atomic E-state index is 13.5. The van der Waals surface area contributed by atoms with Crippen LogP contribution in [0.15, 0.2) is 105 Å². The minimum atomic E-state index is -0.745. The van der Waals surface area contributed by atoms with E-state index in [-0.39, 0.29) is 24.8 Å². The molecule has 0 aromatic heterocycles. The van der Waals surface area contributed by atoms with E-state index in [9.17, 15) is 19.5 Å². The third-order valence-electron chi connectivity index (χ3n) is 5.43. The molecule has 0 saturated heterocycles. The standard InChI is InChI=1S/C27H25NO4S2.C3H6O2/c1-27(2,17-18-29)32-20-15-13-19(14-16-20)28-25(30)23(33-21-9-5-3-6-10-21)24(26(28)31)34-22-11-7-4-8-12-22;1-2-3(4)5/h3-16,29H,17-18H2,1-2H3;2H2,1H3,(H,4,5). The van der Waals surface area contributed by atoms with Crippen LogP contribution in [-0.2, 0) is 14.4 Å². The molecule has 1 aliphatic rings. The monoisotopic (exact) mass is 565 g/mol. The van der Waals surface area contributed by atoms with Crippen LogP contribution in [0.25, 0.3) is 0 Å². The molecule has 0 saturated carbocycles. The van der Waals surface area contributed by atoms with Gasteiger partial charge in [0.05, 0.1) is 15.5 Å². The van der Waals surface area contributed by atoms with Crippen LogP contribution in [0.4, 0.5) is 5.69 Å². The molecule has 1 heterocycles. The average Bonchev–Trinajstić information content (AvgIpc) is 3.14. The van der Waals surface area contributed by atoms with E-state index in [2.05, 4.69) is 0 Å². The number of hydrogen-bond acceptors (Lipinski definition) is 7. The number of aliphatic hydroxyl groups is 1. The number of amides is 2. The first-order chi connectivity index (χ1) is 18.6. The number of nitrogens with zero attached hydrogens (tertiary/aromatic N) is 1. The van der Waals surface area contributed by atoms with Crippen molar-refractivity contribution in [3.63, 3.8) is 0 Å². The highest BCUT2D eigenvalue weighted by molar-refractivity contribution is 8.08. The minimum absolute atomic E-state index is 0.0250. The number of carbonyl (C=O) groups is 3. The van der Waals surface area contributed by atoms with Crippen molar-refractivity contribution in [2.45, 2.75) is 49.0 Å². The highest BCUT2D eigenvalue weighted by Gasteiger charge is 2.40. The Balaban J connectivity index is 0.000000771. The summed E-state index contributed by atoms with van der Waals surface area (Å²) < 4.78 is 5.95. The number of ether oxygens (including phenoxy) is 1. The van der Waals surface area contributed by atoms with E-state index in [1.807, 2.05) is 74.5 Å². The highest BCUT2D eigenvalue weighted by Crippen LogP contribution is 2.44. The van der Waals surface area contributed by atoms with Crippen molar-refractivity contribution < 1.29 is 29.3 Å². The normalized spacial score (nSPS) is 13.3. The fourth-order valence-electron chi connectivity index (χ4n) is 3.42. The molecule has 1 aliphatic heterocycles. The summed E-state index contributed by atoms with van der Waals surface area (Å²) in [6.07, 6.45) is 0.710. The molecule has 3 aromatic rings. The number of hydrogen-bond donors (Lipinski definition) is 2. The predicted molar refractivity (Wildman–Crippen MR) is 155 cm³/mol. The van der Waals surface area contributed by atoms with E-state index < -0.39 is 11.6 Å². The van der Waals surface area contributed by atoms with E-state index in [4.69, 9.17) is 9.84 Å². The predicted octanol–water partition coefficient (Wildman–Crippen LogP) is 6.38. The van der Waals surface area contributed by atoms with E-state index in [0.717, 1.165) is 9.79 Å². The number of benzene rings is 3. The second-order valence-electron chi connectivity index (χ2n) is 9.01. The second kappa shape index (κ2) is 14.0. The summed E-state index contributed by atoms with van der Waals surface area (Å²) >= 11 is 2.61. The van der Waals surface area contributed by atoms with Crippen molar-refractivity contribution in [1.29, 1.82) is 0 Å². The van der Waals surface area contributed by atoms with Gasteiger partial charge in [-0.2, -0.15) is 0 Å². The van der Waals surface area contributed by atoms with Gasteiger partial charge in [-0.1, -0.05) is 66.8 Å². The van der Waals surface area contributed by atoms with Gasteiger partial charge in [0, 0.05) is 29.2 Å². The Morgan fingerprint density at radius 2 is 1.26 bits per heavy atom. The van der Waals surface area contributed by atoms with Crippen molar-refractivity contribution in [2.24, 2.45) is 0 Å². The number of anilines is 1. The van der Waals surface area contributed by atoms with Gasteiger partial charge in [0.1, 0.15) is 11.4 Å². The van der Waals surface area contributed by atoms with Crippen molar-refractivity contribution in [3.05, 3.63) is 94.7 Å². The molecule has 204 valence electrons. The highest BCUT2D eigenvalue weighted by atomic mass is 32.2. The summed E-state index contributed by atoms with van der Waals surface area (Å²) in [6.45, 7) is 5.42. The van der Waals surface area contributed by atoms with E-state index in [1.54, 1.807) is 31.2 Å². The second-order valence-corrected chi connectivity index (χ2v) is 11.2. The SMILES string of the molecule is CC(C)(CCO)Oc1ccc(N2C(=O)C(Sc3ccccc3)=C(Sc3ccccc3)C2=O)cc1.CCC(=O)O. The minimum Gasteiger partial charge on any atom is -0.488 e. The van der Waals surface area contributed by atoms with Gasteiger partial charge in [-0.3, -0.25) is 14.4 Å². The molecular formula is C30H31NO6S2. The summed E-state index contributed by atoms with van der Waals surface area (Å²) in [5.41, 5.74) is -0.0482. The fourth-order valence-corrected chi connectivity index (χ4v) is 5.44. The van der Waals surface area contributed by atoms with Crippen LogP contribution in [0.2, 0.25) is 0 Å². The van der Waals surface area contributed by atoms with Gasteiger partial charge >= 0.3 is 5.97 Å². The van der Waals surface area contributed by atoms with Crippen molar-refractivity contribution >= 4 is 47.0 Å². The maximum absolute atomic E-state index is 13.5. The van der Waals surface area contributed by atoms with Crippen LogP contribution in [0.5, 0.6) is 5.75 Å². The molecule has 9 heteroatoms. The zero-order chi connectivity index (χ0) is 28.4. The van der Waals surface area contributed by atoms with Gasteiger partial charge in [-0.05, 0) is 62.4 Å². The molecular weight excluding hydrogens is 534 g/mol. The first-order valence-corrected chi connectivity index (χ1v) is 14.0. The quantitative estimate of drug-likeness (QED) is 0.273. The van der Waals surface area contributed by atoms with Crippen LogP contribution in [0.3, 0.4) is 0 Å². The van der Waals surface area contributed by atoms with E-state index >= 15 is 0 Å². The third-order valence-corrected chi connectivity index (χ3v) is 7.74. The molecule has 0 radical (unpaired) electrons. The van der Waals surface area contributed by atoms with Gasteiger partial charge in [0.25, 0.3) is 11.8 Å². The number of aliphatic hydroxyl groups excluding tert-OH is 1. The Labute approximate surface area is 236 Å². The summed E-state index contributed by atoms with van der Waals surface area (Å²) in [4.78, 5) is 40.1. The molecule has 0 bridgehead atoms. The molecule has 2 amide bonds. The van der Waals surface area contributed by atoms with Crippen molar-refractivity contribution in [3.8, 4) is 5.75 Å². The molecule has 7 nitrogen and oxygen atoms in total. The number of rotatable bonds is 10. The van der Waals surface area contributed by atoms with Gasteiger partial charge in [0.2, 0.25) is 0 Å². The zero-order valence-corrected chi connectivity index (χ0v) is 23.6. The van der Waals surface area contributed by atoms with Crippen LogP contribution in [0.1, 0.15) is 33.6 Å². The Morgan fingerprint density at radius 1 is 0.821 bits per heavy atom. The number of carbonyl (C=O) groups excluding carboxylic acids is 2. The largest absolute Gasteiger partial charge is 0.488 e. The van der Waals surface area contributed by atoms with Gasteiger partial charge in [-0.15, -0.1) is 0 Å². The molecule has 39 heavy (non-hydrogen) atoms. The molecule has 0 spiro atoms. The van der Waals surface area contributed by atoms with Crippen molar-refractivity contribution in [2.75, 3.05) is 11.5 Å². The van der Waals surface area contributed by atoms with Gasteiger partial charge < -0.3 is 14.9 Å². The fraction of sp³-hybridized carbons (Fsp3) is 0.233. The lowest BCUT2D eigenvalue weighted by Crippen LogP contribution is -2.31. The lowest BCUT2D eigenvalue weighted by atomic mass is 10.1. The van der Waals surface area contributed by atoms with Crippen LogP contribution >= 0.6 is 23.5 Å². The summed E-state index contributed by atoms with van der Waals surface area (Å²) in [5, 5.41) is 16.9. The third kappa shape index (κ3) is 8.48. The Morgan fingerprint density at radius 3 is 1.64 bits per heavy atom. The number of aliphatic carboxylic acids is 1. The molecule has 3 aromatic carbocycles. The Hall–Kier alpha value is -3.53. The first kappa shape index (κ1) is 30.0. The molecule has 0 unspecified atom stereocenters. The Bertz CT molecular complexity index is 1240. The zero-order valence-electron chi connectivity index (χ0n) is 22.0. The number of thioether (sulfide) groups is 2. The summed E-state index contributed by atoms with van der Waals surface area (Å²) in [6, 6.07) is 26.0.